The first kappa shape index (κ1) is 6.36. The van der Waals surface area contributed by atoms with E-state index in [0.717, 1.165) is 5.70 Å². The lowest BCUT2D eigenvalue weighted by molar-refractivity contribution is -0.0788. The average molecular weight is 151 g/mol. The third-order valence-electron chi connectivity index (χ3n) is 1.73. The van der Waals surface area contributed by atoms with Crippen LogP contribution in [0.2, 0.25) is 0 Å². The molecule has 0 unspecified atom stereocenters. The van der Waals surface area contributed by atoms with Crippen LogP contribution in [0.15, 0.2) is 34.5 Å². The van der Waals surface area contributed by atoms with E-state index in [-0.39, 0.29) is 0 Å². The molecule has 0 aromatic rings. The first-order chi connectivity index (χ1) is 5.29. The zero-order chi connectivity index (χ0) is 7.84. The number of fused-ring (bicyclic) bond motifs is 1. The molecule has 0 aliphatic carbocycles. The molecule has 11 heavy (non-hydrogen) atoms. The van der Waals surface area contributed by atoms with Gasteiger partial charge in [0.1, 0.15) is 5.70 Å². The molecule has 5 heteroatoms. The van der Waals surface area contributed by atoms with Gasteiger partial charge in [0.15, 0.2) is 0 Å². The fourth-order valence-corrected chi connectivity index (χ4v) is 1.04. The second kappa shape index (κ2) is 2.06. The van der Waals surface area contributed by atoms with Crippen LogP contribution in [0.3, 0.4) is 0 Å². The van der Waals surface area contributed by atoms with E-state index in [4.69, 9.17) is 0 Å². The van der Waals surface area contributed by atoms with Gasteiger partial charge < -0.3 is 0 Å². The molecule has 2 aliphatic heterocycles. The van der Waals surface area contributed by atoms with Gasteiger partial charge in [0.05, 0.1) is 6.20 Å². The van der Waals surface area contributed by atoms with Gasteiger partial charge in [-0.15, -0.1) is 10.2 Å². The molecular formula is C6H9N5. The third-order valence-corrected chi connectivity index (χ3v) is 1.73. The molecular weight excluding hydrogens is 142 g/mol. The van der Waals surface area contributed by atoms with Crippen molar-refractivity contribution in [1.82, 2.24) is 15.2 Å². The summed E-state index contributed by atoms with van der Waals surface area (Å²) in [4.78, 5) is 0. The molecule has 0 atom stereocenters. The van der Waals surface area contributed by atoms with Crippen LogP contribution in [0.1, 0.15) is 0 Å². The molecule has 0 bridgehead atoms. The lowest BCUT2D eigenvalue weighted by Gasteiger charge is -2.26. The normalized spacial score (nSPS) is 22.5. The molecule has 2 heterocycles. The van der Waals surface area contributed by atoms with Gasteiger partial charge in [0.25, 0.3) is 0 Å². The second-order valence-electron chi connectivity index (χ2n) is 2.43. The number of nitrogens with zero attached hydrogens (tertiary/aromatic N) is 5. The fourth-order valence-electron chi connectivity index (χ4n) is 1.04. The summed E-state index contributed by atoms with van der Waals surface area (Å²) in [5, 5.41) is 13.2. The third kappa shape index (κ3) is 0.813. The molecule has 0 aromatic carbocycles. The summed E-state index contributed by atoms with van der Waals surface area (Å²) in [6.07, 6.45) is 5.57. The van der Waals surface area contributed by atoms with E-state index in [1.165, 1.54) is 0 Å². The summed E-state index contributed by atoms with van der Waals surface area (Å²) in [6.45, 7) is 0. The van der Waals surface area contributed by atoms with Gasteiger partial charge in [-0.1, -0.05) is 0 Å². The van der Waals surface area contributed by atoms with Crippen LogP contribution in [0.5, 0.6) is 0 Å². The van der Waals surface area contributed by atoms with Crippen LogP contribution in [0.4, 0.5) is 0 Å². The lowest BCUT2D eigenvalue weighted by Crippen LogP contribution is -2.37. The van der Waals surface area contributed by atoms with Crippen LogP contribution in [-0.2, 0) is 0 Å². The van der Waals surface area contributed by atoms with Crippen LogP contribution in [0.25, 0.3) is 0 Å². The van der Waals surface area contributed by atoms with E-state index < -0.39 is 0 Å². The molecule has 2 aliphatic rings. The molecule has 0 saturated carbocycles. The number of hydrogen-bond donors (Lipinski definition) is 0. The van der Waals surface area contributed by atoms with Gasteiger partial charge in [0, 0.05) is 20.3 Å². The van der Waals surface area contributed by atoms with E-state index in [1.54, 1.807) is 11.3 Å². The molecule has 0 aromatic heterocycles. The smallest absolute Gasteiger partial charge is 0.101 e. The summed E-state index contributed by atoms with van der Waals surface area (Å²) >= 11 is 0. The fraction of sp³-hybridized carbons (Fsp3) is 0.333. The maximum absolute atomic E-state index is 3.91. The largest absolute Gasteiger partial charge is 0.295 e. The first-order valence-corrected chi connectivity index (χ1v) is 3.35. The Labute approximate surface area is 64.8 Å². The molecule has 2 rings (SSSR count). The van der Waals surface area contributed by atoms with E-state index >= 15 is 0 Å². The van der Waals surface area contributed by atoms with Gasteiger partial charge in [0.2, 0.25) is 0 Å². The van der Waals surface area contributed by atoms with Crippen molar-refractivity contribution in [2.45, 2.75) is 0 Å². The molecule has 0 radical (unpaired) electrons. The topological polar surface area (TPSA) is 34.4 Å². The summed E-state index contributed by atoms with van der Waals surface area (Å²) in [5.74, 6) is 0. The SMILES string of the molecule is CN1C=C2C=CN=NN2N1C. The highest BCUT2D eigenvalue weighted by atomic mass is 16.0. The maximum atomic E-state index is 3.91. The Morgan fingerprint density at radius 3 is 2.91 bits per heavy atom. The molecule has 0 amide bonds. The van der Waals surface area contributed by atoms with Crippen molar-refractivity contribution in [2.24, 2.45) is 10.3 Å². The van der Waals surface area contributed by atoms with Crippen molar-refractivity contribution in [3.05, 3.63) is 24.2 Å². The molecule has 0 N–H and O–H groups in total. The number of hydrazine groups is 2. The Morgan fingerprint density at radius 2 is 2.18 bits per heavy atom. The highest BCUT2D eigenvalue weighted by Crippen LogP contribution is 2.22. The van der Waals surface area contributed by atoms with Crippen LogP contribution >= 0.6 is 0 Å². The predicted molar refractivity (Wildman–Crippen MR) is 39.4 cm³/mol. The van der Waals surface area contributed by atoms with E-state index in [9.17, 15) is 0 Å². The predicted octanol–water partition coefficient (Wildman–Crippen LogP) is 0.732. The van der Waals surface area contributed by atoms with Crippen LogP contribution in [0, 0.1) is 0 Å². The van der Waals surface area contributed by atoms with Gasteiger partial charge in [-0.05, 0) is 11.3 Å². The van der Waals surface area contributed by atoms with E-state index in [2.05, 4.69) is 10.3 Å². The molecule has 5 nitrogen and oxygen atoms in total. The highest BCUT2D eigenvalue weighted by Gasteiger charge is 2.23. The van der Waals surface area contributed by atoms with Gasteiger partial charge in [-0.3, -0.25) is 5.01 Å². The van der Waals surface area contributed by atoms with E-state index in [1.807, 2.05) is 36.5 Å². The van der Waals surface area contributed by atoms with Crippen LogP contribution in [-0.4, -0.2) is 29.3 Å². The first-order valence-electron chi connectivity index (χ1n) is 3.35. The number of allylic oxidation sites excluding steroid dienone is 1. The zero-order valence-corrected chi connectivity index (χ0v) is 6.47. The minimum Gasteiger partial charge on any atom is -0.295 e. The Balaban J connectivity index is 2.32. The van der Waals surface area contributed by atoms with Crippen molar-refractivity contribution in [3.8, 4) is 0 Å². The van der Waals surface area contributed by atoms with Crippen molar-refractivity contribution in [3.63, 3.8) is 0 Å². The van der Waals surface area contributed by atoms with Crippen molar-refractivity contribution >= 4 is 0 Å². The highest BCUT2D eigenvalue weighted by molar-refractivity contribution is 5.18. The molecule has 0 spiro atoms. The lowest BCUT2D eigenvalue weighted by atomic mass is 10.4. The van der Waals surface area contributed by atoms with Crippen molar-refractivity contribution in [2.75, 3.05) is 14.1 Å². The van der Waals surface area contributed by atoms with Gasteiger partial charge in [-0.2, -0.15) is 5.12 Å². The monoisotopic (exact) mass is 151 g/mol. The molecule has 0 fully saturated rings. The summed E-state index contributed by atoms with van der Waals surface area (Å²) in [5.41, 5.74) is 1.03. The van der Waals surface area contributed by atoms with Crippen molar-refractivity contribution < 1.29 is 0 Å². The average Bonchev–Trinajstić information content (AvgIpc) is 2.30. The van der Waals surface area contributed by atoms with Crippen molar-refractivity contribution in [1.29, 1.82) is 0 Å². The molecule has 58 valence electrons. The van der Waals surface area contributed by atoms with Gasteiger partial charge >= 0.3 is 0 Å². The Morgan fingerprint density at radius 1 is 1.36 bits per heavy atom. The summed E-state index contributed by atoms with van der Waals surface area (Å²) in [7, 11) is 3.87. The summed E-state index contributed by atoms with van der Waals surface area (Å²) in [6, 6.07) is 0. The zero-order valence-electron chi connectivity index (χ0n) is 6.47. The van der Waals surface area contributed by atoms with E-state index in [0.29, 0.717) is 0 Å². The summed E-state index contributed by atoms with van der Waals surface area (Å²) < 4.78 is 0. The number of rotatable bonds is 0. The minimum absolute atomic E-state index is 1.03. The van der Waals surface area contributed by atoms with Gasteiger partial charge in [-0.25, -0.2) is 0 Å². The maximum Gasteiger partial charge on any atom is 0.101 e. The Bertz CT molecular complexity index is 254. The standard InChI is InChI=1S/C6H9N5/c1-9-5-6-3-4-7-8-11(6)10(9)2/h3-5H,1-2H3. The Hall–Kier alpha value is -1.36. The van der Waals surface area contributed by atoms with Crippen LogP contribution < -0.4 is 0 Å². The molecule has 0 saturated heterocycles. The second-order valence-corrected chi connectivity index (χ2v) is 2.43. The number of hydrogen-bond acceptors (Lipinski definition) is 5. The minimum atomic E-state index is 1.03. The Kier molecular flexibility index (Phi) is 1.19. The quantitative estimate of drug-likeness (QED) is 0.512.